The molecular formula is C33H33N5O7. The molecule has 0 saturated heterocycles. The van der Waals surface area contributed by atoms with Crippen LogP contribution in [-0.2, 0) is 32.3 Å². The molecule has 0 unspecified atom stereocenters. The molecule has 0 radical (unpaired) electrons. The van der Waals surface area contributed by atoms with E-state index in [-0.39, 0.29) is 48.0 Å². The standard InChI is InChI=1S/C33H33N5O7/c1-18(2)26-32(41)43-16-20-10-9-11-21(34-20)17-44-33(42)27(19(3)4)36-29(40)23-13-6-8-15-25(23)31-38-37-30(45-31)24-14-7-5-12-22(24)28(39)35-26/h5-15,18-19,26-27H,16-17H2,1-4H3,(H,35,39)(H,36,40)/t26-,27+. The van der Waals surface area contributed by atoms with Crippen LogP contribution in [0.5, 0.6) is 0 Å². The second-order valence-corrected chi connectivity index (χ2v) is 11.2. The smallest absolute Gasteiger partial charge is 0.329 e. The molecule has 2 aromatic heterocycles. The molecule has 2 atom stereocenters. The van der Waals surface area contributed by atoms with Gasteiger partial charge in [-0.25, -0.2) is 9.59 Å². The molecule has 12 heteroatoms. The Kier molecular flexibility index (Phi) is 9.31. The molecule has 2 N–H and O–H groups in total. The van der Waals surface area contributed by atoms with Crippen LogP contribution in [0.25, 0.3) is 22.9 Å². The molecule has 3 heterocycles. The fraction of sp³-hybridized carbons (Fsp3) is 0.303. The van der Waals surface area contributed by atoms with Crippen LogP contribution < -0.4 is 10.6 Å². The lowest BCUT2D eigenvalue weighted by atomic mass is 10.0. The molecule has 1 aliphatic heterocycles. The van der Waals surface area contributed by atoms with Crippen molar-refractivity contribution in [2.24, 2.45) is 11.8 Å². The van der Waals surface area contributed by atoms with Gasteiger partial charge < -0.3 is 24.5 Å². The molecule has 45 heavy (non-hydrogen) atoms. The summed E-state index contributed by atoms with van der Waals surface area (Å²) in [6.07, 6.45) is 0. The van der Waals surface area contributed by atoms with Crippen LogP contribution in [0.15, 0.2) is 71.1 Å². The molecule has 1 aliphatic rings. The Hall–Kier alpha value is -5.39. The average molecular weight is 612 g/mol. The molecule has 0 saturated carbocycles. The first-order valence-corrected chi connectivity index (χ1v) is 14.5. The normalized spacial score (nSPS) is 18.0. The zero-order valence-corrected chi connectivity index (χ0v) is 25.3. The highest BCUT2D eigenvalue weighted by Crippen LogP contribution is 2.29. The third kappa shape index (κ3) is 7.06. The number of amides is 2. The van der Waals surface area contributed by atoms with Crippen LogP contribution in [0.3, 0.4) is 0 Å². The summed E-state index contributed by atoms with van der Waals surface area (Å²) < 4.78 is 17.0. The van der Waals surface area contributed by atoms with E-state index in [9.17, 15) is 19.2 Å². The van der Waals surface area contributed by atoms with E-state index in [1.54, 1.807) is 94.4 Å². The van der Waals surface area contributed by atoms with Crippen molar-refractivity contribution in [3.05, 3.63) is 89.2 Å². The van der Waals surface area contributed by atoms with Crippen molar-refractivity contribution in [2.45, 2.75) is 53.0 Å². The first-order valence-electron chi connectivity index (χ1n) is 14.5. The number of carbonyl (C=O) groups excluding carboxylic acids is 4. The third-order valence-corrected chi connectivity index (χ3v) is 7.23. The molecule has 5 rings (SSSR count). The third-order valence-electron chi connectivity index (χ3n) is 7.23. The van der Waals surface area contributed by atoms with Crippen LogP contribution in [0.2, 0.25) is 0 Å². The van der Waals surface area contributed by atoms with Gasteiger partial charge in [-0.2, -0.15) is 0 Å². The Morgan fingerprint density at radius 1 is 0.600 bits per heavy atom. The van der Waals surface area contributed by atoms with Crippen molar-refractivity contribution >= 4 is 23.8 Å². The molecule has 0 fully saturated rings. The minimum Gasteiger partial charge on any atom is -0.458 e. The molecule has 2 amide bonds. The van der Waals surface area contributed by atoms with Crippen LogP contribution in [-0.4, -0.2) is 51.0 Å². The van der Waals surface area contributed by atoms with Gasteiger partial charge in [0.1, 0.15) is 25.3 Å². The molecule has 4 aromatic rings. The molecule has 232 valence electrons. The number of nitrogens with one attached hydrogen (secondary N) is 2. The summed E-state index contributed by atoms with van der Waals surface area (Å²) in [7, 11) is 0. The number of rotatable bonds is 2. The quantitative estimate of drug-likeness (QED) is 0.316. The SMILES string of the molecule is CC(C)[C@@H]1NC(=O)c2ccccc2-c2nnc(o2)-c2ccccc2C(=O)N[C@H](C(C)C)C(=O)OCc2cccc(n2)COC1=O. The predicted molar refractivity (Wildman–Crippen MR) is 161 cm³/mol. The number of fused-ring (bicyclic) bond motifs is 8. The Bertz CT molecular complexity index is 1610. The van der Waals surface area contributed by atoms with E-state index < -0.39 is 35.8 Å². The van der Waals surface area contributed by atoms with Gasteiger partial charge in [-0.1, -0.05) is 58.0 Å². The van der Waals surface area contributed by atoms with Gasteiger partial charge in [-0.05, 0) is 48.2 Å². The molecule has 4 bridgehead atoms. The zero-order chi connectivity index (χ0) is 32.1. The number of hydrogen-bond acceptors (Lipinski definition) is 10. The zero-order valence-electron chi connectivity index (χ0n) is 25.3. The molecule has 12 nitrogen and oxygen atoms in total. The molecular weight excluding hydrogens is 578 g/mol. The monoisotopic (exact) mass is 611 g/mol. The van der Waals surface area contributed by atoms with Crippen LogP contribution in [0.1, 0.15) is 59.8 Å². The van der Waals surface area contributed by atoms with Gasteiger partial charge in [0, 0.05) is 0 Å². The van der Waals surface area contributed by atoms with Crippen LogP contribution in [0, 0.1) is 11.8 Å². The lowest BCUT2D eigenvalue weighted by molar-refractivity contribution is -0.149. The van der Waals surface area contributed by atoms with E-state index in [4.69, 9.17) is 13.9 Å². The van der Waals surface area contributed by atoms with Crippen LogP contribution >= 0.6 is 0 Å². The second-order valence-electron chi connectivity index (χ2n) is 11.2. The van der Waals surface area contributed by atoms with Crippen molar-refractivity contribution in [1.29, 1.82) is 0 Å². The fourth-order valence-electron chi connectivity index (χ4n) is 4.77. The lowest BCUT2D eigenvalue weighted by Crippen LogP contribution is -2.45. The molecule has 2 aromatic carbocycles. The largest absolute Gasteiger partial charge is 0.458 e. The summed E-state index contributed by atoms with van der Waals surface area (Å²) >= 11 is 0. The number of aromatic nitrogens is 3. The maximum Gasteiger partial charge on any atom is 0.329 e. The number of nitrogens with zero attached hydrogens (tertiary/aromatic N) is 3. The number of carbonyl (C=O) groups is 4. The topological polar surface area (TPSA) is 163 Å². The fourth-order valence-corrected chi connectivity index (χ4v) is 4.77. The summed E-state index contributed by atoms with van der Waals surface area (Å²) in [4.78, 5) is 57.7. The Balaban J connectivity index is 1.56. The van der Waals surface area contributed by atoms with Crippen molar-refractivity contribution in [3.63, 3.8) is 0 Å². The van der Waals surface area contributed by atoms with Crippen molar-refractivity contribution < 1.29 is 33.1 Å². The van der Waals surface area contributed by atoms with Gasteiger partial charge in [-0.3, -0.25) is 14.6 Å². The van der Waals surface area contributed by atoms with Gasteiger partial charge in [0.15, 0.2) is 0 Å². The van der Waals surface area contributed by atoms with E-state index in [0.29, 0.717) is 22.5 Å². The second kappa shape index (κ2) is 13.5. The highest BCUT2D eigenvalue weighted by atomic mass is 16.5. The van der Waals surface area contributed by atoms with Crippen molar-refractivity contribution in [3.8, 4) is 22.9 Å². The van der Waals surface area contributed by atoms with Gasteiger partial charge in [0.05, 0.1) is 33.6 Å². The van der Waals surface area contributed by atoms with E-state index in [0.717, 1.165) is 0 Å². The van der Waals surface area contributed by atoms with Crippen molar-refractivity contribution in [1.82, 2.24) is 25.8 Å². The minimum absolute atomic E-state index is 0.0337. The highest BCUT2D eigenvalue weighted by Gasteiger charge is 2.30. The van der Waals surface area contributed by atoms with Gasteiger partial charge in [0.2, 0.25) is 11.8 Å². The molecule has 0 aliphatic carbocycles. The predicted octanol–water partition coefficient (Wildman–Crippen LogP) is 4.11. The Morgan fingerprint density at radius 2 is 1.00 bits per heavy atom. The van der Waals surface area contributed by atoms with Gasteiger partial charge in [0.25, 0.3) is 11.8 Å². The summed E-state index contributed by atoms with van der Waals surface area (Å²) in [5.41, 5.74) is 1.92. The van der Waals surface area contributed by atoms with E-state index in [1.807, 2.05) is 0 Å². The number of esters is 2. The average Bonchev–Trinajstić information content (AvgIpc) is 3.53. The summed E-state index contributed by atoms with van der Waals surface area (Å²) in [6.45, 7) is 6.83. The minimum atomic E-state index is -0.968. The highest BCUT2D eigenvalue weighted by molar-refractivity contribution is 6.03. The first-order chi connectivity index (χ1) is 21.6. The van der Waals surface area contributed by atoms with E-state index in [2.05, 4.69) is 25.8 Å². The first kappa shape index (κ1) is 31.0. The lowest BCUT2D eigenvalue weighted by Gasteiger charge is -2.22. The molecule has 0 spiro atoms. The van der Waals surface area contributed by atoms with Gasteiger partial charge in [-0.15, -0.1) is 10.2 Å². The van der Waals surface area contributed by atoms with Crippen molar-refractivity contribution in [2.75, 3.05) is 0 Å². The Morgan fingerprint density at radius 3 is 1.40 bits per heavy atom. The van der Waals surface area contributed by atoms with Gasteiger partial charge >= 0.3 is 11.9 Å². The van der Waals surface area contributed by atoms with E-state index >= 15 is 0 Å². The maximum absolute atomic E-state index is 13.5. The number of cyclic esters (lactones) is 2. The summed E-state index contributed by atoms with van der Waals surface area (Å²) in [6, 6.07) is 16.3. The number of hydrogen-bond donors (Lipinski definition) is 2. The number of pyridine rings is 1. The van der Waals surface area contributed by atoms with Crippen LogP contribution in [0.4, 0.5) is 0 Å². The number of benzene rings is 2. The summed E-state index contributed by atoms with van der Waals surface area (Å²) in [5.74, 6) is -2.88. The van der Waals surface area contributed by atoms with E-state index in [1.165, 1.54) is 0 Å². The Labute approximate surface area is 259 Å². The number of ether oxygens (including phenoxy) is 2. The summed E-state index contributed by atoms with van der Waals surface area (Å²) in [5, 5.41) is 13.9. The maximum atomic E-state index is 13.5.